The van der Waals surface area contributed by atoms with Crippen molar-refractivity contribution >= 4 is 11.9 Å². The summed E-state index contributed by atoms with van der Waals surface area (Å²) >= 11 is 0. The summed E-state index contributed by atoms with van der Waals surface area (Å²) in [6.07, 6.45) is 3.66. The number of hydrogen-bond donors (Lipinski definition) is 0. The Hall–Kier alpha value is -1.06. The van der Waals surface area contributed by atoms with Gasteiger partial charge in [0.05, 0.1) is 18.6 Å². The van der Waals surface area contributed by atoms with Crippen molar-refractivity contribution in [3.63, 3.8) is 0 Å². The minimum absolute atomic E-state index is 0.0222. The van der Waals surface area contributed by atoms with Crippen LogP contribution in [0.15, 0.2) is 0 Å². The van der Waals surface area contributed by atoms with E-state index in [1.165, 1.54) is 0 Å². The van der Waals surface area contributed by atoms with E-state index in [2.05, 4.69) is 0 Å². The van der Waals surface area contributed by atoms with Crippen molar-refractivity contribution in [2.24, 2.45) is 5.92 Å². The van der Waals surface area contributed by atoms with Crippen molar-refractivity contribution in [3.8, 4) is 0 Å². The lowest BCUT2D eigenvalue weighted by Crippen LogP contribution is -2.14. The van der Waals surface area contributed by atoms with Crippen molar-refractivity contribution in [2.45, 2.75) is 65.9 Å². The van der Waals surface area contributed by atoms with Crippen molar-refractivity contribution in [3.05, 3.63) is 0 Å². The molecule has 0 aromatic carbocycles. The molecule has 1 atom stereocenters. The number of esters is 2. The zero-order chi connectivity index (χ0) is 14.0. The Morgan fingerprint density at radius 1 is 1.06 bits per heavy atom. The van der Waals surface area contributed by atoms with Crippen LogP contribution in [-0.2, 0) is 19.1 Å². The maximum absolute atomic E-state index is 11.3. The highest BCUT2D eigenvalue weighted by atomic mass is 16.5. The van der Waals surface area contributed by atoms with Gasteiger partial charge in [0.25, 0.3) is 0 Å². The summed E-state index contributed by atoms with van der Waals surface area (Å²) in [4.78, 5) is 22.6. The van der Waals surface area contributed by atoms with Crippen LogP contribution in [0, 0.1) is 5.92 Å². The molecule has 4 heteroatoms. The van der Waals surface area contributed by atoms with Crippen LogP contribution < -0.4 is 0 Å². The highest BCUT2D eigenvalue weighted by molar-refractivity contribution is 5.71. The molecule has 0 saturated heterocycles. The van der Waals surface area contributed by atoms with Gasteiger partial charge in [0.1, 0.15) is 0 Å². The number of carbonyl (C=O) groups excluding carboxylic acids is 2. The topological polar surface area (TPSA) is 52.6 Å². The zero-order valence-corrected chi connectivity index (χ0v) is 12.0. The van der Waals surface area contributed by atoms with E-state index in [1.807, 2.05) is 27.7 Å². The van der Waals surface area contributed by atoms with Crippen LogP contribution in [0.5, 0.6) is 0 Å². The van der Waals surface area contributed by atoms with E-state index >= 15 is 0 Å². The third-order valence-corrected chi connectivity index (χ3v) is 2.65. The number of rotatable bonds is 9. The van der Waals surface area contributed by atoms with Crippen LogP contribution in [-0.4, -0.2) is 24.6 Å². The summed E-state index contributed by atoms with van der Waals surface area (Å²) in [5, 5.41) is 0. The van der Waals surface area contributed by atoms with E-state index in [1.54, 1.807) is 0 Å². The van der Waals surface area contributed by atoms with Gasteiger partial charge in [-0.05, 0) is 39.5 Å². The van der Waals surface area contributed by atoms with E-state index < -0.39 is 0 Å². The van der Waals surface area contributed by atoms with Crippen molar-refractivity contribution in [1.29, 1.82) is 0 Å². The van der Waals surface area contributed by atoms with Gasteiger partial charge < -0.3 is 9.47 Å². The summed E-state index contributed by atoms with van der Waals surface area (Å²) in [7, 11) is 0. The molecule has 4 nitrogen and oxygen atoms in total. The first kappa shape index (κ1) is 16.9. The summed E-state index contributed by atoms with van der Waals surface area (Å²) in [6, 6.07) is 0. The lowest BCUT2D eigenvalue weighted by atomic mass is 10.1. The molecule has 0 aliphatic rings. The van der Waals surface area contributed by atoms with E-state index in [9.17, 15) is 9.59 Å². The molecule has 0 heterocycles. The Labute approximate surface area is 110 Å². The molecule has 0 radical (unpaired) electrons. The largest absolute Gasteiger partial charge is 0.465 e. The molecule has 0 aromatic heterocycles. The molecule has 0 bridgehead atoms. The molecule has 0 saturated carbocycles. The summed E-state index contributed by atoms with van der Waals surface area (Å²) in [5.41, 5.74) is 0. The van der Waals surface area contributed by atoms with E-state index in [0.717, 1.165) is 25.7 Å². The quantitative estimate of drug-likeness (QED) is 0.471. The van der Waals surface area contributed by atoms with Crippen LogP contribution in [0.4, 0.5) is 0 Å². The lowest BCUT2D eigenvalue weighted by Gasteiger charge is -2.09. The van der Waals surface area contributed by atoms with Gasteiger partial charge in [-0.2, -0.15) is 0 Å². The molecule has 0 spiro atoms. The standard InChI is InChI=1S/C14H26O4/c1-5-12(4)14(16)17-10-8-6-7-9-13(15)18-11(2)3/h11-12H,5-10H2,1-4H3. The second-order valence-corrected chi connectivity index (χ2v) is 4.83. The average molecular weight is 258 g/mol. The lowest BCUT2D eigenvalue weighted by molar-refractivity contribution is -0.149. The van der Waals surface area contributed by atoms with Crippen molar-refractivity contribution in [2.75, 3.05) is 6.61 Å². The minimum Gasteiger partial charge on any atom is -0.465 e. The number of ether oxygens (including phenoxy) is 2. The van der Waals surface area contributed by atoms with Gasteiger partial charge in [-0.3, -0.25) is 9.59 Å². The smallest absolute Gasteiger partial charge is 0.308 e. The third-order valence-electron chi connectivity index (χ3n) is 2.65. The van der Waals surface area contributed by atoms with Crippen LogP contribution in [0.25, 0.3) is 0 Å². The Balaban J connectivity index is 3.41. The van der Waals surface area contributed by atoms with Gasteiger partial charge in [0.15, 0.2) is 0 Å². The molecule has 0 rings (SSSR count). The molecule has 0 amide bonds. The predicted molar refractivity (Wildman–Crippen MR) is 70.1 cm³/mol. The SMILES string of the molecule is CCC(C)C(=O)OCCCCCC(=O)OC(C)C. The Kier molecular flexibility index (Phi) is 9.33. The monoisotopic (exact) mass is 258 g/mol. The van der Waals surface area contributed by atoms with Gasteiger partial charge >= 0.3 is 11.9 Å². The highest BCUT2D eigenvalue weighted by Crippen LogP contribution is 2.06. The first-order valence-corrected chi connectivity index (χ1v) is 6.83. The van der Waals surface area contributed by atoms with Gasteiger partial charge in [-0.15, -0.1) is 0 Å². The Morgan fingerprint density at radius 3 is 2.28 bits per heavy atom. The molecule has 106 valence electrons. The van der Waals surface area contributed by atoms with Crippen molar-refractivity contribution in [1.82, 2.24) is 0 Å². The molecule has 0 aliphatic carbocycles. The normalized spacial score (nSPS) is 12.3. The van der Waals surface area contributed by atoms with Gasteiger partial charge in [-0.1, -0.05) is 13.8 Å². The molecule has 0 aliphatic heterocycles. The second-order valence-electron chi connectivity index (χ2n) is 4.83. The van der Waals surface area contributed by atoms with Gasteiger partial charge in [0, 0.05) is 6.42 Å². The van der Waals surface area contributed by atoms with E-state index in [4.69, 9.17) is 9.47 Å². The molecule has 18 heavy (non-hydrogen) atoms. The first-order chi connectivity index (χ1) is 8.47. The van der Waals surface area contributed by atoms with E-state index in [0.29, 0.717) is 13.0 Å². The van der Waals surface area contributed by atoms with Crippen LogP contribution >= 0.6 is 0 Å². The van der Waals surface area contributed by atoms with E-state index in [-0.39, 0.29) is 24.0 Å². The molecular weight excluding hydrogens is 232 g/mol. The number of hydrogen-bond acceptors (Lipinski definition) is 4. The third kappa shape index (κ3) is 9.02. The molecule has 0 fully saturated rings. The van der Waals surface area contributed by atoms with Crippen molar-refractivity contribution < 1.29 is 19.1 Å². The Morgan fingerprint density at radius 2 is 1.72 bits per heavy atom. The molecular formula is C14H26O4. The molecule has 0 N–H and O–H groups in total. The van der Waals surface area contributed by atoms with Crippen LogP contribution in [0.2, 0.25) is 0 Å². The van der Waals surface area contributed by atoms with Crippen LogP contribution in [0.1, 0.15) is 59.8 Å². The molecule has 1 unspecified atom stereocenters. The number of carbonyl (C=O) groups is 2. The average Bonchev–Trinajstić information content (AvgIpc) is 2.31. The summed E-state index contributed by atoms with van der Waals surface area (Å²) in [5.74, 6) is -0.302. The minimum atomic E-state index is -0.151. The predicted octanol–water partition coefficient (Wildman–Crippen LogP) is 3.09. The Bertz CT molecular complexity index is 248. The summed E-state index contributed by atoms with van der Waals surface area (Å²) < 4.78 is 10.1. The first-order valence-electron chi connectivity index (χ1n) is 6.83. The maximum Gasteiger partial charge on any atom is 0.308 e. The van der Waals surface area contributed by atoms with Gasteiger partial charge in [-0.25, -0.2) is 0 Å². The molecule has 0 aromatic rings. The second kappa shape index (κ2) is 9.92. The fourth-order valence-electron chi connectivity index (χ4n) is 1.35. The summed E-state index contributed by atoms with van der Waals surface area (Å²) in [6.45, 7) is 7.96. The zero-order valence-electron chi connectivity index (χ0n) is 12.0. The van der Waals surface area contributed by atoms with Crippen LogP contribution in [0.3, 0.4) is 0 Å². The number of unbranched alkanes of at least 4 members (excludes halogenated alkanes) is 2. The highest BCUT2D eigenvalue weighted by Gasteiger charge is 2.11. The van der Waals surface area contributed by atoms with Gasteiger partial charge in [0.2, 0.25) is 0 Å². The fourth-order valence-corrected chi connectivity index (χ4v) is 1.35. The maximum atomic E-state index is 11.3. The fraction of sp³-hybridized carbons (Fsp3) is 0.857.